The number of allylic oxidation sites excluding steroid dienone is 1. The summed E-state index contributed by atoms with van der Waals surface area (Å²) in [6.07, 6.45) is -4.17. The normalized spacial score (nSPS) is 12.4. The topological polar surface area (TPSA) is 62.8 Å². The molecule has 3 aromatic rings. The van der Waals surface area contributed by atoms with E-state index in [1.54, 1.807) is 49.4 Å². The van der Waals surface area contributed by atoms with Crippen molar-refractivity contribution in [2.45, 2.75) is 19.5 Å². The fourth-order valence-corrected chi connectivity index (χ4v) is 3.21. The molecule has 0 saturated carbocycles. The molecule has 0 aliphatic carbocycles. The Labute approximate surface area is 171 Å². The Morgan fingerprint density at radius 2 is 1.63 bits per heavy atom. The zero-order valence-electron chi connectivity index (χ0n) is 16.1. The van der Waals surface area contributed by atoms with Crippen LogP contribution in [0.2, 0.25) is 0 Å². The van der Waals surface area contributed by atoms with E-state index in [0.717, 1.165) is 0 Å². The number of pyridine rings is 1. The summed E-state index contributed by atoms with van der Waals surface area (Å²) in [7, 11) is 0. The lowest BCUT2D eigenvalue weighted by Gasteiger charge is -2.19. The molecule has 3 N–H and O–H groups in total. The molecule has 0 bridgehead atoms. The molecular formula is C23H19F4N3. The minimum absolute atomic E-state index is 0.0230. The van der Waals surface area contributed by atoms with E-state index in [9.17, 15) is 17.6 Å². The maximum atomic E-state index is 13.7. The summed E-state index contributed by atoms with van der Waals surface area (Å²) in [6, 6.07) is 15.8. The summed E-state index contributed by atoms with van der Waals surface area (Å²) in [4.78, 5) is 4.22. The van der Waals surface area contributed by atoms with Crippen LogP contribution in [0.25, 0.3) is 11.1 Å². The Morgan fingerprint density at radius 3 is 2.20 bits per heavy atom. The minimum atomic E-state index is -4.47. The average Bonchev–Trinajstić information content (AvgIpc) is 2.69. The average molecular weight is 413 g/mol. The minimum Gasteiger partial charge on any atom is -0.398 e. The Hall–Kier alpha value is -3.48. The highest BCUT2D eigenvalue weighted by molar-refractivity contribution is 6.02. The highest BCUT2D eigenvalue weighted by Crippen LogP contribution is 2.39. The first-order valence-corrected chi connectivity index (χ1v) is 9.08. The molecule has 30 heavy (non-hydrogen) atoms. The maximum absolute atomic E-state index is 13.7. The zero-order valence-corrected chi connectivity index (χ0v) is 16.1. The number of nitrogens with one attached hydrogen (secondary N) is 1. The van der Waals surface area contributed by atoms with E-state index in [2.05, 4.69) is 4.98 Å². The summed E-state index contributed by atoms with van der Waals surface area (Å²) in [5.41, 5.74) is 7.74. The number of nitrogens with zero attached hydrogens (tertiary/aromatic N) is 1. The lowest BCUT2D eigenvalue weighted by Crippen LogP contribution is -2.10. The largest absolute Gasteiger partial charge is 0.398 e. The Balaban J connectivity index is 2.38. The molecule has 0 aliphatic rings. The molecule has 0 aliphatic heterocycles. The van der Waals surface area contributed by atoms with Gasteiger partial charge in [0, 0.05) is 23.1 Å². The Kier molecular flexibility index (Phi) is 6.01. The second kappa shape index (κ2) is 8.49. The van der Waals surface area contributed by atoms with Gasteiger partial charge in [0.15, 0.2) is 0 Å². The van der Waals surface area contributed by atoms with Crippen molar-refractivity contribution < 1.29 is 17.6 Å². The third-order valence-corrected chi connectivity index (χ3v) is 4.58. The smallest absolute Gasteiger partial charge is 0.393 e. The SMILES string of the molecule is Cc1ccc(/C(=C(/CC(F)(F)F)c2ccccc2)c2ccc(N)c(C(=N)F)c2)cn1. The number of hydrogen-bond acceptors (Lipinski definition) is 3. The molecule has 1 aromatic heterocycles. The van der Waals surface area contributed by atoms with Gasteiger partial charge in [0.2, 0.25) is 5.97 Å². The van der Waals surface area contributed by atoms with E-state index >= 15 is 0 Å². The Bertz CT molecular complexity index is 1090. The second-order valence-electron chi connectivity index (χ2n) is 6.82. The standard InChI is InChI=1S/C23H19F4N3/c1-14-7-8-17(13-30-14)21(16-9-10-20(28)18(11-16)22(24)29)19(12-23(25,26)27)15-5-3-2-4-6-15/h2-11,13,29H,12,28H2,1H3/b21-19-,29-22?. The van der Waals surface area contributed by atoms with Gasteiger partial charge in [-0.2, -0.15) is 17.6 Å². The lowest BCUT2D eigenvalue weighted by atomic mass is 9.87. The van der Waals surface area contributed by atoms with Crippen LogP contribution in [0.4, 0.5) is 23.2 Å². The van der Waals surface area contributed by atoms with Crippen molar-refractivity contribution >= 4 is 22.8 Å². The molecule has 0 unspecified atom stereocenters. The fraction of sp³-hybridized carbons (Fsp3) is 0.130. The van der Waals surface area contributed by atoms with E-state index in [4.69, 9.17) is 11.1 Å². The van der Waals surface area contributed by atoms with Gasteiger partial charge >= 0.3 is 6.18 Å². The summed E-state index contributed by atoms with van der Waals surface area (Å²) in [5, 5.41) is 7.31. The number of rotatable bonds is 5. The highest BCUT2D eigenvalue weighted by atomic mass is 19.4. The van der Waals surface area contributed by atoms with Crippen molar-refractivity contribution in [2.75, 3.05) is 5.73 Å². The highest BCUT2D eigenvalue weighted by Gasteiger charge is 2.31. The molecule has 0 amide bonds. The molecule has 3 rings (SSSR count). The van der Waals surface area contributed by atoms with Crippen LogP contribution >= 0.6 is 0 Å². The molecule has 0 saturated heterocycles. The molecule has 3 nitrogen and oxygen atoms in total. The maximum Gasteiger partial charge on any atom is 0.393 e. The molecule has 0 fully saturated rings. The number of aromatic nitrogens is 1. The predicted molar refractivity (Wildman–Crippen MR) is 111 cm³/mol. The van der Waals surface area contributed by atoms with Crippen LogP contribution in [-0.4, -0.2) is 17.1 Å². The van der Waals surface area contributed by atoms with E-state index in [1.807, 2.05) is 0 Å². The molecule has 154 valence electrons. The van der Waals surface area contributed by atoms with Crippen LogP contribution in [0.5, 0.6) is 0 Å². The van der Waals surface area contributed by atoms with Gasteiger partial charge in [-0.25, -0.2) is 0 Å². The number of aryl methyl sites for hydroxylation is 1. The third-order valence-electron chi connectivity index (χ3n) is 4.58. The number of nitrogen functional groups attached to an aromatic ring is 1. The quantitative estimate of drug-likeness (QED) is 0.227. The van der Waals surface area contributed by atoms with Crippen molar-refractivity contribution in [3.05, 3.63) is 94.8 Å². The lowest BCUT2D eigenvalue weighted by molar-refractivity contribution is -0.122. The molecule has 0 radical (unpaired) electrons. The van der Waals surface area contributed by atoms with E-state index in [1.165, 1.54) is 24.4 Å². The van der Waals surface area contributed by atoms with Crippen LogP contribution < -0.4 is 5.73 Å². The van der Waals surface area contributed by atoms with Crippen molar-refractivity contribution in [1.82, 2.24) is 4.98 Å². The van der Waals surface area contributed by atoms with Gasteiger partial charge in [0.25, 0.3) is 0 Å². The van der Waals surface area contributed by atoms with Crippen molar-refractivity contribution in [2.24, 2.45) is 0 Å². The summed E-state index contributed by atoms with van der Waals surface area (Å²) < 4.78 is 54.3. The number of hydrogen-bond donors (Lipinski definition) is 2. The van der Waals surface area contributed by atoms with Gasteiger partial charge in [-0.3, -0.25) is 10.4 Å². The van der Waals surface area contributed by atoms with Gasteiger partial charge in [-0.1, -0.05) is 42.5 Å². The van der Waals surface area contributed by atoms with Gasteiger partial charge in [0.05, 0.1) is 12.0 Å². The summed E-state index contributed by atoms with van der Waals surface area (Å²) >= 11 is 0. The fourth-order valence-electron chi connectivity index (χ4n) is 3.21. The number of nitrogens with two attached hydrogens (primary N) is 1. The predicted octanol–water partition coefficient (Wildman–Crippen LogP) is 6.18. The van der Waals surface area contributed by atoms with Crippen LogP contribution in [0.15, 0.2) is 66.9 Å². The van der Waals surface area contributed by atoms with Crippen molar-refractivity contribution in [3.63, 3.8) is 0 Å². The zero-order chi connectivity index (χ0) is 21.9. The van der Waals surface area contributed by atoms with Crippen LogP contribution in [0.1, 0.15) is 34.4 Å². The van der Waals surface area contributed by atoms with Crippen LogP contribution in [0, 0.1) is 12.3 Å². The number of anilines is 1. The van der Waals surface area contributed by atoms with Gasteiger partial charge in [0.1, 0.15) is 0 Å². The monoisotopic (exact) mass is 413 g/mol. The van der Waals surface area contributed by atoms with Crippen LogP contribution in [0.3, 0.4) is 0 Å². The summed E-state index contributed by atoms with van der Waals surface area (Å²) in [5.74, 6) is -1.26. The first kappa shape index (κ1) is 21.2. The number of benzene rings is 2. The van der Waals surface area contributed by atoms with Gasteiger partial charge in [-0.15, -0.1) is 0 Å². The van der Waals surface area contributed by atoms with E-state index in [-0.39, 0.29) is 22.4 Å². The van der Waals surface area contributed by atoms with Crippen LogP contribution in [-0.2, 0) is 0 Å². The second-order valence-corrected chi connectivity index (χ2v) is 6.82. The summed E-state index contributed by atoms with van der Waals surface area (Å²) in [6.45, 7) is 1.77. The third kappa shape index (κ3) is 4.92. The number of alkyl halides is 3. The van der Waals surface area contributed by atoms with Crippen molar-refractivity contribution in [3.8, 4) is 0 Å². The van der Waals surface area contributed by atoms with E-state index < -0.39 is 18.6 Å². The first-order chi connectivity index (χ1) is 14.2. The molecule has 0 spiro atoms. The molecule has 0 atom stereocenters. The Morgan fingerprint density at radius 1 is 0.967 bits per heavy atom. The van der Waals surface area contributed by atoms with Gasteiger partial charge < -0.3 is 5.73 Å². The van der Waals surface area contributed by atoms with E-state index in [0.29, 0.717) is 22.4 Å². The number of halogens is 4. The molecular weight excluding hydrogens is 394 g/mol. The molecule has 2 aromatic carbocycles. The van der Waals surface area contributed by atoms with Gasteiger partial charge in [-0.05, 0) is 47.4 Å². The molecule has 7 heteroatoms. The molecule has 1 heterocycles. The van der Waals surface area contributed by atoms with Crippen molar-refractivity contribution in [1.29, 1.82) is 5.41 Å². The first-order valence-electron chi connectivity index (χ1n) is 9.08.